The molecule has 6 rings (SSSR count). The number of nitrogens with zero attached hydrogens (tertiary/aromatic N) is 1. The minimum absolute atomic E-state index is 0.0206. The van der Waals surface area contributed by atoms with E-state index in [4.69, 9.17) is 21.4 Å². The summed E-state index contributed by atoms with van der Waals surface area (Å²) in [6.45, 7) is 3.85. The normalized spacial score (nSPS) is 30.4. The molecule has 39 heavy (non-hydrogen) atoms. The molecular formula is C31H39N3O4S. The highest BCUT2D eigenvalue weighted by Crippen LogP contribution is 2.61. The standard InChI is InChI=1S/C31H39N3O4S/c1-18(35)38-28-11-10-26-23-9-8-19-14-27-25(15-24(19)22(23)12-13-31(26,28)2)29(36)20(17-37-27)16-32-34-30(39)33-21-6-4-3-5-7-21/h14-17,21-23,26,28H,3-13H2,1-2H3,(H2,33,34,39)/b32-16+/t22-,23+,26-,28-,31-/m0/s1. The van der Waals surface area contributed by atoms with E-state index in [2.05, 4.69) is 34.9 Å². The van der Waals surface area contributed by atoms with Crippen LogP contribution in [0.25, 0.3) is 11.0 Å². The van der Waals surface area contributed by atoms with E-state index in [1.54, 1.807) is 0 Å². The summed E-state index contributed by atoms with van der Waals surface area (Å²) in [7, 11) is 0. The fourth-order valence-electron chi connectivity index (χ4n) is 8.27. The summed E-state index contributed by atoms with van der Waals surface area (Å²) in [5.41, 5.74) is 6.46. The molecule has 4 aliphatic rings. The number of nitrogens with one attached hydrogen (secondary N) is 2. The van der Waals surface area contributed by atoms with E-state index < -0.39 is 0 Å². The first-order valence-corrected chi connectivity index (χ1v) is 15.1. The number of hydrogen-bond donors (Lipinski definition) is 2. The second kappa shape index (κ2) is 10.7. The lowest BCUT2D eigenvalue weighted by Crippen LogP contribution is -2.45. The van der Waals surface area contributed by atoms with Crippen LogP contribution in [-0.2, 0) is 16.0 Å². The summed E-state index contributed by atoms with van der Waals surface area (Å²) in [6, 6.07) is 4.56. The van der Waals surface area contributed by atoms with Crippen molar-refractivity contribution in [3.63, 3.8) is 0 Å². The average Bonchev–Trinajstić information content (AvgIpc) is 3.25. The fraction of sp³-hybridized carbons (Fsp3) is 0.613. The van der Waals surface area contributed by atoms with E-state index in [1.165, 1.54) is 49.8 Å². The average molecular weight is 550 g/mol. The first-order chi connectivity index (χ1) is 18.8. The molecule has 2 aromatic rings. The first-order valence-electron chi connectivity index (χ1n) is 14.7. The summed E-state index contributed by atoms with van der Waals surface area (Å²) in [6.07, 6.45) is 15.3. The Morgan fingerprint density at radius 1 is 1.15 bits per heavy atom. The van der Waals surface area contributed by atoms with Gasteiger partial charge in [-0.15, -0.1) is 0 Å². The molecule has 208 valence electrons. The molecule has 3 fully saturated rings. The van der Waals surface area contributed by atoms with Crippen molar-refractivity contribution in [1.82, 2.24) is 10.7 Å². The van der Waals surface area contributed by atoms with Gasteiger partial charge in [0.1, 0.15) is 18.0 Å². The summed E-state index contributed by atoms with van der Waals surface area (Å²) in [4.78, 5) is 25.2. The van der Waals surface area contributed by atoms with Crippen LogP contribution in [0.5, 0.6) is 0 Å². The molecule has 0 spiro atoms. The number of hydrogen-bond acceptors (Lipinski definition) is 6. The fourth-order valence-corrected chi connectivity index (χ4v) is 8.49. The molecule has 0 unspecified atom stereocenters. The predicted molar refractivity (Wildman–Crippen MR) is 156 cm³/mol. The maximum Gasteiger partial charge on any atom is 0.302 e. The van der Waals surface area contributed by atoms with Crippen LogP contribution in [0.4, 0.5) is 0 Å². The molecule has 1 heterocycles. The van der Waals surface area contributed by atoms with Crippen LogP contribution >= 0.6 is 12.2 Å². The highest BCUT2D eigenvalue weighted by Gasteiger charge is 2.56. The zero-order chi connectivity index (χ0) is 27.1. The lowest BCUT2D eigenvalue weighted by atomic mass is 9.55. The number of carbonyl (C=O) groups excluding carboxylic acids is 1. The number of carbonyl (C=O) groups is 1. The lowest BCUT2D eigenvalue weighted by Gasteiger charge is -2.50. The molecule has 8 heteroatoms. The van der Waals surface area contributed by atoms with Crippen molar-refractivity contribution in [2.24, 2.45) is 22.4 Å². The molecule has 0 saturated heterocycles. The quantitative estimate of drug-likeness (QED) is 0.218. The third-order valence-corrected chi connectivity index (χ3v) is 10.4. The minimum Gasteiger partial charge on any atom is -0.463 e. The maximum atomic E-state index is 13.5. The van der Waals surface area contributed by atoms with Crippen LogP contribution in [-0.4, -0.2) is 29.4 Å². The largest absolute Gasteiger partial charge is 0.463 e. The highest BCUT2D eigenvalue weighted by molar-refractivity contribution is 7.80. The Balaban J connectivity index is 1.21. The number of rotatable bonds is 4. The number of hydrazone groups is 1. The van der Waals surface area contributed by atoms with Crippen molar-refractivity contribution in [1.29, 1.82) is 0 Å². The van der Waals surface area contributed by atoms with Gasteiger partial charge >= 0.3 is 5.97 Å². The van der Waals surface area contributed by atoms with Crippen molar-refractivity contribution in [2.45, 2.75) is 103 Å². The Kier molecular flexibility index (Phi) is 7.25. The Morgan fingerprint density at radius 3 is 2.77 bits per heavy atom. The summed E-state index contributed by atoms with van der Waals surface area (Å²) < 4.78 is 11.7. The van der Waals surface area contributed by atoms with Crippen molar-refractivity contribution in [2.75, 3.05) is 0 Å². The molecular weight excluding hydrogens is 510 g/mol. The molecule has 5 atom stereocenters. The Labute approximate surface area is 235 Å². The molecule has 0 bridgehead atoms. The van der Waals surface area contributed by atoms with Gasteiger partial charge in [-0.1, -0.05) is 26.2 Å². The predicted octanol–water partition coefficient (Wildman–Crippen LogP) is 5.71. The Hall–Kier alpha value is -2.74. The van der Waals surface area contributed by atoms with Gasteiger partial charge in [-0.2, -0.15) is 5.10 Å². The van der Waals surface area contributed by atoms with Gasteiger partial charge in [-0.25, -0.2) is 0 Å². The Bertz CT molecular complexity index is 1360. The third-order valence-electron chi connectivity index (χ3n) is 10.2. The second-order valence-electron chi connectivity index (χ2n) is 12.4. The van der Waals surface area contributed by atoms with Gasteiger partial charge in [-0.05, 0) is 105 Å². The summed E-state index contributed by atoms with van der Waals surface area (Å²) >= 11 is 5.39. The molecule has 0 radical (unpaired) electrons. The van der Waals surface area contributed by atoms with E-state index in [0.717, 1.165) is 51.4 Å². The van der Waals surface area contributed by atoms with Crippen molar-refractivity contribution in [3.8, 4) is 0 Å². The zero-order valence-electron chi connectivity index (χ0n) is 23.0. The lowest BCUT2D eigenvalue weighted by molar-refractivity contribution is -0.154. The van der Waals surface area contributed by atoms with Crippen LogP contribution in [0.2, 0.25) is 0 Å². The van der Waals surface area contributed by atoms with Gasteiger partial charge in [0.15, 0.2) is 5.11 Å². The number of fused-ring (bicyclic) bond motifs is 6. The molecule has 0 amide bonds. The monoisotopic (exact) mass is 549 g/mol. The van der Waals surface area contributed by atoms with Crippen LogP contribution in [0.15, 0.2) is 32.7 Å². The second-order valence-corrected chi connectivity index (χ2v) is 12.8. The van der Waals surface area contributed by atoms with Gasteiger partial charge in [0.25, 0.3) is 0 Å². The van der Waals surface area contributed by atoms with E-state index >= 15 is 0 Å². The number of benzene rings is 1. The van der Waals surface area contributed by atoms with Gasteiger partial charge in [0.05, 0.1) is 17.2 Å². The van der Waals surface area contributed by atoms with Crippen LogP contribution < -0.4 is 16.2 Å². The Morgan fingerprint density at radius 2 is 1.97 bits per heavy atom. The number of esters is 1. The van der Waals surface area contributed by atoms with Crippen LogP contribution in [0.3, 0.4) is 0 Å². The number of ether oxygens (including phenoxy) is 1. The van der Waals surface area contributed by atoms with E-state index in [0.29, 0.717) is 45.4 Å². The molecule has 1 aromatic heterocycles. The molecule has 1 aromatic carbocycles. The minimum atomic E-state index is -0.173. The van der Waals surface area contributed by atoms with Crippen LogP contribution in [0.1, 0.15) is 101 Å². The maximum absolute atomic E-state index is 13.5. The van der Waals surface area contributed by atoms with Gasteiger partial charge in [-0.3, -0.25) is 15.0 Å². The van der Waals surface area contributed by atoms with Crippen molar-refractivity contribution >= 4 is 40.5 Å². The molecule has 3 saturated carbocycles. The highest BCUT2D eigenvalue weighted by atomic mass is 32.1. The van der Waals surface area contributed by atoms with Crippen molar-refractivity contribution < 1.29 is 13.9 Å². The van der Waals surface area contributed by atoms with Crippen LogP contribution in [0, 0.1) is 17.3 Å². The molecule has 2 N–H and O–H groups in total. The third kappa shape index (κ3) is 5.01. The number of thiocarbonyl (C=S) groups is 1. The van der Waals surface area contributed by atoms with Gasteiger partial charge in [0, 0.05) is 18.4 Å². The van der Waals surface area contributed by atoms with Crippen molar-refractivity contribution in [3.05, 3.63) is 45.3 Å². The molecule has 4 aliphatic carbocycles. The SMILES string of the molecule is CC(=O)O[C@H]1CC[C@H]2[C@@H]3CCc4cc5occ(/C=N/NC(=S)NC6CCCCC6)c(=O)c5cc4[C@H]3CC[C@]12C. The molecule has 7 nitrogen and oxygen atoms in total. The smallest absolute Gasteiger partial charge is 0.302 e. The van der Waals surface area contributed by atoms with E-state index in [-0.39, 0.29) is 22.9 Å². The topological polar surface area (TPSA) is 92.9 Å². The summed E-state index contributed by atoms with van der Waals surface area (Å²) in [5, 5.41) is 8.64. The zero-order valence-corrected chi connectivity index (χ0v) is 23.8. The van der Waals surface area contributed by atoms with E-state index in [1.807, 2.05) is 0 Å². The van der Waals surface area contributed by atoms with E-state index in [9.17, 15) is 9.59 Å². The van der Waals surface area contributed by atoms with Gasteiger partial charge in [0.2, 0.25) is 5.43 Å². The molecule has 0 aliphatic heterocycles. The number of aryl methyl sites for hydroxylation is 1. The van der Waals surface area contributed by atoms with Gasteiger partial charge < -0.3 is 14.5 Å². The summed E-state index contributed by atoms with van der Waals surface area (Å²) in [5.74, 6) is 1.34. The first kappa shape index (κ1) is 26.5.